The molecule has 0 saturated carbocycles. The van der Waals surface area contributed by atoms with Crippen LogP contribution in [0.5, 0.6) is 0 Å². The van der Waals surface area contributed by atoms with E-state index >= 15 is 0 Å². The first-order chi connectivity index (χ1) is 9.15. The Kier molecular flexibility index (Phi) is 2.72. The van der Waals surface area contributed by atoms with Crippen molar-refractivity contribution in [3.63, 3.8) is 0 Å². The van der Waals surface area contributed by atoms with Crippen LogP contribution in [0.25, 0.3) is 11.2 Å². The summed E-state index contributed by atoms with van der Waals surface area (Å²) in [7, 11) is 0. The summed E-state index contributed by atoms with van der Waals surface area (Å²) < 4.78 is 1.38. The van der Waals surface area contributed by atoms with Gasteiger partial charge in [0.15, 0.2) is 11.2 Å². The zero-order valence-electron chi connectivity index (χ0n) is 9.80. The second-order valence-corrected chi connectivity index (χ2v) is 4.52. The number of H-pyrrole nitrogens is 1. The summed E-state index contributed by atoms with van der Waals surface area (Å²) in [5.41, 5.74) is 7.13. The molecular weight excluding hydrogens is 266 g/mol. The van der Waals surface area contributed by atoms with Crippen LogP contribution in [0.15, 0.2) is 35.4 Å². The van der Waals surface area contributed by atoms with E-state index in [4.69, 9.17) is 17.3 Å². The quantitative estimate of drug-likeness (QED) is 0.740. The Morgan fingerprint density at radius 1 is 1.32 bits per heavy atom. The van der Waals surface area contributed by atoms with Crippen LogP contribution in [0.4, 0.5) is 5.95 Å². The van der Waals surface area contributed by atoms with E-state index in [1.165, 1.54) is 10.9 Å². The Balaban J connectivity index is 2.09. The first kappa shape index (κ1) is 11.7. The molecule has 7 heteroatoms. The van der Waals surface area contributed by atoms with Crippen LogP contribution in [0.2, 0.25) is 5.02 Å². The summed E-state index contributed by atoms with van der Waals surface area (Å²) >= 11 is 5.82. The Morgan fingerprint density at radius 3 is 2.79 bits per heavy atom. The van der Waals surface area contributed by atoms with E-state index in [1.54, 1.807) is 12.1 Å². The first-order valence-electron chi connectivity index (χ1n) is 5.59. The number of nitrogens with two attached hydrogens (primary N) is 1. The highest BCUT2D eigenvalue weighted by atomic mass is 35.5. The predicted molar refractivity (Wildman–Crippen MR) is 73.1 cm³/mol. The zero-order valence-corrected chi connectivity index (χ0v) is 10.6. The summed E-state index contributed by atoms with van der Waals surface area (Å²) in [6, 6.07) is 7.20. The molecule has 0 unspecified atom stereocenters. The minimum absolute atomic E-state index is 0.150. The van der Waals surface area contributed by atoms with E-state index in [2.05, 4.69) is 15.0 Å². The summed E-state index contributed by atoms with van der Waals surface area (Å²) in [5.74, 6) is 0.150. The van der Waals surface area contributed by atoms with E-state index in [-0.39, 0.29) is 17.0 Å². The SMILES string of the molecule is Nc1nc2[nH]cnc2c(=O)n1Cc1ccc(Cl)cc1. The van der Waals surface area contributed by atoms with Gasteiger partial charge in [0.05, 0.1) is 12.9 Å². The summed E-state index contributed by atoms with van der Waals surface area (Å²) in [6.45, 7) is 0.331. The van der Waals surface area contributed by atoms with Crippen LogP contribution in [-0.2, 0) is 6.54 Å². The Hall–Kier alpha value is -2.34. The molecule has 0 aliphatic rings. The van der Waals surface area contributed by atoms with Crippen molar-refractivity contribution in [3.8, 4) is 0 Å². The Labute approximate surface area is 112 Å². The van der Waals surface area contributed by atoms with Crippen molar-refractivity contribution in [2.24, 2.45) is 0 Å². The lowest BCUT2D eigenvalue weighted by molar-refractivity contribution is 0.761. The molecule has 6 nitrogen and oxygen atoms in total. The van der Waals surface area contributed by atoms with E-state index in [1.807, 2.05) is 12.1 Å². The molecule has 3 rings (SSSR count). The van der Waals surface area contributed by atoms with Crippen molar-refractivity contribution >= 4 is 28.7 Å². The van der Waals surface area contributed by atoms with Crippen LogP contribution >= 0.6 is 11.6 Å². The van der Waals surface area contributed by atoms with Gasteiger partial charge >= 0.3 is 0 Å². The van der Waals surface area contributed by atoms with Gasteiger partial charge in [-0.15, -0.1) is 0 Å². The monoisotopic (exact) mass is 275 g/mol. The van der Waals surface area contributed by atoms with E-state index in [9.17, 15) is 4.79 Å². The normalized spacial score (nSPS) is 11.0. The average Bonchev–Trinajstić information content (AvgIpc) is 2.85. The van der Waals surface area contributed by atoms with Crippen molar-refractivity contribution in [1.29, 1.82) is 0 Å². The lowest BCUT2D eigenvalue weighted by Crippen LogP contribution is -2.25. The molecule has 96 valence electrons. The Bertz CT molecular complexity index is 790. The maximum absolute atomic E-state index is 12.2. The smallest absolute Gasteiger partial charge is 0.283 e. The molecule has 2 heterocycles. The lowest BCUT2D eigenvalue weighted by atomic mass is 10.2. The Morgan fingerprint density at radius 2 is 2.05 bits per heavy atom. The van der Waals surface area contributed by atoms with E-state index < -0.39 is 0 Å². The number of imidazole rings is 1. The van der Waals surface area contributed by atoms with Gasteiger partial charge < -0.3 is 10.7 Å². The molecule has 0 aliphatic carbocycles. The highest BCUT2D eigenvalue weighted by Gasteiger charge is 2.10. The molecular formula is C12H10ClN5O. The highest BCUT2D eigenvalue weighted by Crippen LogP contribution is 2.12. The van der Waals surface area contributed by atoms with Crippen LogP contribution < -0.4 is 11.3 Å². The number of anilines is 1. The minimum Gasteiger partial charge on any atom is -0.369 e. The number of nitrogen functional groups attached to an aromatic ring is 1. The van der Waals surface area contributed by atoms with Crippen molar-refractivity contribution < 1.29 is 0 Å². The van der Waals surface area contributed by atoms with Gasteiger partial charge in [0.2, 0.25) is 5.95 Å². The van der Waals surface area contributed by atoms with Gasteiger partial charge in [0, 0.05) is 5.02 Å². The summed E-state index contributed by atoms with van der Waals surface area (Å²) in [5, 5.41) is 0.643. The molecule has 19 heavy (non-hydrogen) atoms. The summed E-state index contributed by atoms with van der Waals surface area (Å²) in [4.78, 5) is 23.0. The minimum atomic E-state index is -0.265. The zero-order chi connectivity index (χ0) is 13.4. The fourth-order valence-electron chi connectivity index (χ4n) is 1.86. The number of aromatic amines is 1. The lowest BCUT2D eigenvalue weighted by Gasteiger charge is -2.08. The van der Waals surface area contributed by atoms with Crippen LogP contribution in [-0.4, -0.2) is 19.5 Å². The number of hydrogen-bond acceptors (Lipinski definition) is 4. The van der Waals surface area contributed by atoms with Gasteiger partial charge in [-0.3, -0.25) is 9.36 Å². The first-order valence-corrected chi connectivity index (χ1v) is 5.97. The molecule has 0 saturated heterocycles. The highest BCUT2D eigenvalue weighted by molar-refractivity contribution is 6.30. The number of hydrogen-bond donors (Lipinski definition) is 2. The number of aromatic nitrogens is 4. The van der Waals surface area contributed by atoms with Crippen LogP contribution in [0.3, 0.4) is 0 Å². The maximum atomic E-state index is 12.2. The maximum Gasteiger partial charge on any atom is 0.283 e. The molecule has 0 spiro atoms. The molecule has 3 aromatic rings. The third-order valence-electron chi connectivity index (χ3n) is 2.82. The number of nitrogens with zero attached hydrogens (tertiary/aromatic N) is 3. The van der Waals surface area contributed by atoms with Gasteiger partial charge in [0.1, 0.15) is 0 Å². The van der Waals surface area contributed by atoms with Crippen molar-refractivity contribution in [3.05, 3.63) is 51.5 Å². The van der Waals surface area contributed by atoms with Gasteiger partial charge in [0.25, 0.3) is 5.56 Å². The molecule has 0 atom stereocenters. The number of fused-ring (bicyclic) bond motifs is 1. The molecule has 0 fully saturated rings. The molecule has 2 aromatic heterocycles. The average molecular weight is 276 g/mol. The number of rotatable bonds is 2. The van der Waals surface area contributed by atoms with Gasteiger partial charge in [-0.05, 0) is 17.7 Å². The topological polar surface area (TPSA) is 89.6 Å². The second kappa shape index (κ2) is 4.40. The number of halogens is 1. The number of benzene rings is 1. The molecule has 0 radical (unpaired) electrons. The van der Waals surface area contributed by atoms with Crippen molar-refractivity contribution in [2.75, 3.05) is 5.73 Å². The predicted octanol–water partition coefficient (Wildman–Crippen LogP) is 1.40. The molecule has 3 N–H and O–H groups in total. The largest absolute Gasteiger partial charge is 0.369 e. The van der Waals surface area contributed by atoms with Gasteiger partial charge in [-0.1, -0.05) is 23.7 Å². The summed E-state index contributed by atoms with van der Waals surface area (Å²) in [6.07, 6.45) is 1.42. The third kappa shape index (κ3) is 2.06. The molecule has 1 aromatic carbocycles. The van der Waals surface area contributed by atoms with E-state index in [0.717, 1.165) is 5.56 Å². The van der Waals surface area contributed by atoms with Crippen LogP contribution in [0.1, 0.15) is 5.56 Å². The fourth-order valence-corrected chi connectivity index (χ4v) is 1.99. The van der Waals surface area contributed by atoms with E-state index in [0.29, 0.717) is 17.2 Å². The van der Waals surface area contributed by atoms with Gasteiger partial charge in [-0.2, -0.15) is 4.98 Å². The standard InChI is InChI=1S/C12H10ClN5O/c13-8-3-1-7(2-4-8)5-18-11(19)9-10(16-6-15-9)17-12(18)14/h1-4,6H,5H2,(H2,14,17)(H,15,16). The van der Waals surface area contributed by atoms with Crippen LogP contribution in [0, 0.1) is 0 Å². The third-order valence-corrected chi connectivity index (χ3v) is 3.08. The molecule has 0 amide bonds. The second-order valence-electron chi connectivity index (χ2n) is 4.09. The molecule has 0 aliphatic heterocycles. The fraction of sp³-hybridized carbons (Fsp3) is 0.0833. The van der Waals surface area contributed by atoms with Crippen molar-refractivity contribution in [2.45, 2.75) is 6.54 Å². The molecule has 0 bridgehead atoms. The van der Waals surface area contributed by atoms with Gasteiger partial charge in [-0.25, -0.2) is 4.98 Å². The van der Waals surface area contributed by atoms with Crippen molar-refractivity contribution in [1.82, 2.24) is 19.5 Å². The number of nitrogens with one attached hydrogen (secondary N) is 1.